The second-order valence-corrected chi connectivity index (χ2v) is 8.83. The van der Waals surface area contributed by atoms with E-state index in [0.29, 0.717) is 0 Å². The fraction of sp³-hybridized carbons (Fsp3) is 0.125. The van der Waals surface area contributed by atoms with Gasteiger partial charge in [-0.05, 0) is 33.4 Å². The summed E-state index contributed by atoms with van der Waals surface area (Å²) in [5.41, 5.74) is 7.26. The van der Waals surface area contributed by atoms with Gasteiger partial charge in [0.25, 0.3) is 0 Å². The summed E-state index contributed by atoms with van der Waals surface area (Å²) < 4.78 is 5.53. The molecule has 0 saturated heterocycles. The van der Waals surface area contributed by atoms with Crippen molar-refractivity contribution in [3.63, 3.8) is 0 Å². The van der Waals surface area contributed by atoms with E-state index in [4.69, 9.17) is 9.57 Å². The van der Waals surface area contributed by atoms with Crippen molar-refractivity contribution in [3.8, 4) is 11.1 Å². The van der Waals surface area contributed by atoms with Gasteiger partial charge in [-0.25, -0.2) is 4.79 Å². The maximum atomic E-state index is 12.6. The zero-order valence-electron chi connectivity index (χ0n) is 20.1. The number of hydrogen-bond acceptors (Lipinski definition) is 4. The molecule has 4 aromatic rings. The van der Waals surface area contributed by atoms with E-state index in [9.17, 15) is 4.79 Å². The molecule has 0 saturated carbocycles. The molecule has 0 aromatic heterocycles. The zero-order valence-corrected chi connectivity index (χ0v) is 20.1. The third-order valence-electron chi connectivity index (χ3n) is 6.30. The Balaban J connectivity index is 1.13. The van der Waals surface area contributed by atoms with Crippen molar-refractivity contribution < 1.29 is 14.4 Å². The molecular weight excluding hydrogens is 446 g/mol. The Morgan fingerprint density at radius 1 is 0.750 bits per heavy atom. The highest BCUT2D eigenvalue weighted by Crippen LogP contribution is 2.24. The van der Waals surface area contributed by atoms with Gasteiger partial charge in [-0.1, -0.05) is 133 Å². The molecule has 2 atom stereocenters. The first-order valence-corrected chi connectivity index (χ1v) is 12.1. The number of ether oxygens (including phenoxy) is 1. The summed E-state index contributed by atoms with van der Waals surface area (Å²) in [5, 5.41) is 4.13. The normalized spacial score (nSPS) is 17.0. The SMILES string of the molecule is CC1C(c2ccccc2)=NOC1C(=O)OCc1ccc(/C=C/c2ccc(-c3ccccc3)cc2)cc1. The molecule has 4 nitrogen and oxygen atoms in total. The summed E-state index contributed by atoms with van der Waals surface area (Å²) in [5.74, 6) is -0.575. The van der Waals surface area contributed by atoms with E-state index in [1.54, 1.807) is 0 Å². The summed E-state index contributed by atoms with van der Waals surface area (Å²) in [6, 6.07) is 36.6. The van der Waals surface area contributed by atoms with Gasteiger partial charge in [-0.2, -0.15) is 0 Å². The minimum atomic E-state index is -0.726. The lowest BCUT2D eigenvalue weighted by atomic mass is 9.94. The van der Waals surface area contributed by atoms with Crippen LogP contribution in [0.4, 0.5) is 0 Å². The van der Waals surface area contributed by atoms with E-state index in [-0.39, 0.29) is 12.5 Å². The Labute approximate surface area is 211 Å². The van der Waals surface area contributed by atoms with Crippen molar-refractivity contribution in [1.29, 1.82) is 0 Å². The number of hydrogen-bond donors (Lipinski definition) is 0. The average Bonchev–Trinajstić information content (AvgIpc) is 3.33. The van der Waals surface area contributed by atoms with E-state index in [0.717, 1.165) is 28.0 Å². The fourth-order valence-corrected chi connectivity index (χ4v) is 4.17. The molecule has 4 aromatic carbocycles. The predicted molar refractivity (Wildman–Crippen MR) is 144 cm³/mol. The number of carbonyl (C=O) groups excluding carboxylic acids is 1. The van der Waals surface area contributed by atoms with Crippen LogP contribution in [0.5, 0.6) is 0 Å². The number of oxime groups is 1. The van der Waals surface area contributed by atoms with Crippen LogP contribution in [0.1, 0.15) is 29.2 Å². The van der Waals surface area contributed by atoms with Crippen molar-refractivity contribution in [2.45, 2.75) is 19.6 Å². The molecular formula is C32H27NO3. The first kappa shape index (κ1) is 23.3. The Morgan fingerprint density at radius 2 is 1.28 bits per heavy atom. The molecule has 0 bridgehead atoms. The molecule has 5 rings (SSSR count). The van der Waals surface area contributed by atoms with Crippen molar-refractivity contribution in [1.82, 2.24) is 0 Å². The average molecular weight is 474 g/mol. The van der Waals surface area contributed by atoms with Gasteiger partial charge in [0.1, 0.15) is 6.61 Å². The summed E-state index contributed by atoms with van der Waals surface area (Å²) in [6.45, 7) is 2.12. The van der Waals surface area contributed by atoms with Crippen LogP contribution in [0.2, 0.25) is 0 Å². The van der Waals surface area contributed by atoms with Crippen LogP contribution in [0.3, 0.4) is 0 Å². The van der Waals surface area contributed by atoms with E-state index >= 15 is 0 Å². The molecule has 178 valence electrons. The predicted octanol–water partition coefficient (Wildman–Crippen LogP) is 7.01. The molecule has 36 heavy (non-hydrogen) atoms. The highest BCUT2D eigenvalue weighted by atomic mass is 16.7. The first-order valence-electron chi connectivity index (χ1n) is 12.1. The van der Waals surface area contributed by atoms with Gasteiger partial charge < -0.3 is 9.57 Å². The lowest BCUT2D eigenvalue weighted by molar-refractivity contribution is -0.158. The van der Waals surface area contributed by atoms with Crippen LogP contribution in [-0.4, -0.2) is 17.8 Å². The van der Waals surface area contributed by atoms with Gasteiger partial charge in [0.2, 0.25) is 6.10 Å². The number of nitrogens with zero attached hydrogens (tertiary/aromatic N) is 1. The van der Waals surface area contributed by atoms with Crippen LogP contribution >= 0.6 is 0 Å². The van der Waals surface area contributed by atoms with Crippen LogP contribution < -0.4 is 0 Å². The second-order valence-electron chi connectivity index (χ2n) is 8.83. The van der Waals surface area contributed by atoms with Crippen molar-refractivity contribution >= 4 is 23.8 Å². The lowest BCUT2D eigenvalue weighted by Crippen LogP contribution is -2.31. The fourth-order valence-electron chi connectivity index (χ4n) is 4.17. The van der Waals surface area contributed by atoms with Gasteiger partial charge >= 0.3 is 5.97 Å². The molecule has 4 heteroatoms. The van der Waals surface area contributed by atoms with Gasteiger partial charge in [0, 0.05) is 0 Å². The summed E-state index contributed by atoms with van der Waals surface area (Å²) >= 11 is 0. The summed E-state index contributed by atoms with van der Waals surface area (Å²) in [4.78, 5) is 18.0. The van der Waals surface area contributed by atoms with E-state index in [1.165, 1.54) is 11.1 Å². The number of rotatable bonds is 7. The quantitative estimate of drug-likeness (QED) is 0.214. The maximum Gasteiger partial charge on any atom is 0.351 e. The molecule has 0 fully saturated rings. The highest BCUT2D eigenvalue weighted by molar-refractivity contribution is 6.05. The van der Waals surface area contributed by atoms with Gasteiger partial charge in [0.15, 0.2) is 0 Å². The number of benzene rings is 4. The minimum absolute atomic E-state index is 0.172. The van der Waals surface area contributed by atoms with E-state index in [1.807, 2.05) is 79.7 Å². The monoisotopic (exact) mass is 473 g/mol. The molecule has 1 aliphatic rings. The standard InChI is InChI=1S/C32H27NO3/c1-23-30(29-10-6-3-7-11-29)33-36-31(23)32(34)35-22-26-16-14-24(15-17-26)12-13-25-18-20-28(21-19-25)27-8-4-2-5-9-27/h2-21,23,31H,22H2,1H3/b13-12+. The van der Waals surface area contributed by atoms with Crippen molar-refractivity contribution in [2.24, 2.45) is 11.1 Å². The topological polar surface area (TPSA) is 47.9 Å². The van der Waals surface area contributed by atoms with Gasteiger partial charge in [-0.15, -0.1) is 0 Å². The molecule has 1 aliphatic heterocycles. The number of carbonyl (C=O) groups is 1. The first-order chi connectivity index (χ1) is 17.7. The summed E-state index contributed by atoms with van der Waals surface area (Å²) in [7, 11) is 0. The Hall–Kier alpha value is -4.44. The highest BCUT2D eigenvalue weighted by Gasteiger charge is 2.38. The lowest BCUT2D eigenvalue weighted by Gasteiger charge is -2.14. The van der Waals surface area contributed by atoms with Crippen molar-refractivity contribution in [3.05, 3.63) is 131 Å². The van der Waals surface area contributed by atoms with Crippen LogP contribution in [0.25, 0.3) is 23.3 Å². The minimum Gasteiger partial charge on any atom is -0.458 e. The van der Waals surface area contributed by atoms with Crippen LogP contribution in [0, 0.1) is 5.92 Å². The summed E-state index contributed by atoms with van der Waals surface area (Å²) in [6.07, 6.45) is 3.44. The molecule has 2 unspecified atom stereocenters. The third kappa shape index (κ3) is 5.44. The molecule has 0 spiro atoms. The van der Waals surface area contributed by atoms with Gasteiger partial charge in [0.05, 0.1) is 11.6 Å². The van der Waals surface area contributed by atoms with Gasteiger partial charge in [-0.3, -0.25) is 0 Å². The molecule has 0 N–H and O–H groups in total. The van der Waals surface area contributed by atoms with Crippen molar-refractivity contribution in [2.75, 3.05) is 0 Å². The number of esters is 1. The Bertz CT molecular complexity index is 1360. The van der Waals surface area contributed by atoms with E-state index < -0.39 is 12.1 Å². The molecule has 0 amide bonds. The largest absolute Gasteiger partial charge is 0.458 e. The molecule has 0 radical (unpaired) electrons. The smallest absolute Gasteiger partial charge is 0.351 e. The molecule has 1 heterocycles. The third-order valence-corrected chi connectivity index (χ3v) is 6.30. The van der Waals surface area contributed by atoms with Crippen LogP contribution in [0.15, 0.2) is 114 Å². The maximum absolute atomic E-state index is 12.6. The second kappa shape index (κ2) is 10.9. The Morgan fingerprint density at radius 3 is 1.89 bits per heavy atom. The van der Waals surface area contributed by atoms with E-state index in [2.05, 4.69) is 53.7 Å². The zero-order chi connectivity index (χ0) is 24.7. The van der Waals surface area contributed by atoms with Crippen LogP contribution in [-0.2, 0) is 21.0 Å². The Kier molecular flexibility index (Phi) is 7.04. The molecule has 0 aliphatic carbocycles.